The summed E-state index contributed by atoms with van der Waals surface area (Å²) in [7, 11) is 0. The van der Waals surface area contributed by atoms with Crippen molar-refractivity contribution in [2.75, 3.05) is 19.1 Å². The van der Waals surface area contributed by atoms with Crippen LogP contribution in [0.4, 0.5) is 0 Å². The third-order valence-corrected chi connectivity index (χ3v) is 4.53. The average molecular weight is 357 g/mol. The van der Waals surface area contributed by atoms with Crippen LogP contribution in [-0.2, 0) is 4.74 Å². The molecule has 2 heteroatoms. The van der Waals surface area contributed by atoms with Gasteiger partial charge in [0.1, 0.15) is 0 Å². The molecule has 0 rings (SSSR count). The van der Waals surface area contributed by atoms with E-state index in [1.54, 1.807) is 0 Å². The standard InChI is InChI=1S/C22H41ClO/c1-2-3-4-5-6-7-8-9-10-12-15-18-21-24-22-19-16-13-11-14-17-20-23/h11,16H,2-10,12,14-15,17-22H2,1H3. The maximum Gasteiger partial charge on any atom is 0.0506 e. The van der Waals surface area contributed by atoms with Crippen molar-refractivity contribution in [1.29, 1.82) is 0 Å². The molecule has 0 N–H and O–H groups in total. The van der Waals surface area contributed by atoms with Gasteiger partial charge in [0, 0.05) is 12.5 Å². The Morgan fingerprint density at radius 3 is 1.79 bits per heavy atom. The molecule has 0 heterocycles. The first-order chi connectivity index (χ1) is 11.9. The van der Waals surface area contributed by atoms with Gasteiger partial charge in [-0.1, -0.05) is 77.6 Å². The van der Waals surface area contributed by atoms with Crippen molar-refractivity contribution in [3.8, 4) is 0 Å². The van der Waals surface area contributed by atoms with Gasteiger partial charge < -0.3 is 4.74 Å². The lowest BCUT2D eigenvalue weighted by Crippen LogP contribution is -1.95. The zero-order chi connectivity index (χ0) is 17.6. The summed E-state index contributed by atoms with van der Waals surface area (Å²) in [6.45, 7) is 4.03. The molecule has 0 bridgehead atoms. The van der Waals surface area contributed by atoms with Gasteiger partial charge in [0.2, 0.25) is 0 Å². The molecule has 0 amide bonds. The smallest absolute Gasteiger partial charge is 0.0506 e. The van der Waals surface area contributed by atoms with Gasteiger partial charge in [0.05, 0.1) is 6.61 Å². The van der Waals surface area contributed by atoms with Crippen LogP contribution in [0.5, 0.6) is 0 Å². The zero-order valence-electron chi connectivity index (χ0n) is 16.2. The van der Waals surface area contributed by atoms with Gasteiger partial charge in [-0.3, -0.25) is 0 Å². The minimum absolute atomic E-state index is 0.736. The highest BCUT2D eigenvalue weighted by atomic mass is 35.5. The van der Waals surface area contributed by atoms with Gasteiger partial charge in [-0.05, 0) is 37.8 Å². The molecule has 0 aliphatic carbocycles. The predicted octanol–water partition coefficient (Wildman–Crippen LogP) is 7.82. The number of halogens is 1. The Kier molecular flexibility index (Phi) is 22.6. The molecule has 0 fully saturated rings. The fourth-order valence-electron chi connectivity index (χ4n) is 2.72. The summed E-state index contributed by atoms with van der Waals surface area (Å²) in [4.78, 5) is 0. The summed E-state index contributed by atoms with van der Waals surface area (Å²) < 4.78 is 5.65. The van der Waals surface area contributed by atoms with Crippen LogP contribution in [0.25, 0.3) is 0 Å². The molecule has 24 heavy (non-hydrogen) atoms. The first-order valence-corrected chi connectivity index (χ1v) is 11.0. The Morgan fingerprint density at radius 1 is 0.667 bits per heavy atom. The maximum absolute atomic E-state index is 5.65. The summed E-state index contributed by atoms with van der Waals surface area (Å²) in [5, 5.41) is 0. The van der Waals surface area contributed by atoms with Gasteiger partial charge in [0.15, 0.2) is 0 Å². The lowest BCUT2D eigenvalue weighted by atomic mass is 10.1. The van der Waals surface area contributed by atoms with Crippen molar-refractivity contribution >= 4 is 11.6 Å². The highest BCUT2D eigenvalue weighted by Gasteiger charge is 1.93. The van der Waals surface area contributed by atoms with Crippen LogP contribution in [-0.4, -0.2) is 19.1 Å². The molecular weight excluding hydrogens is 316 g/mol. The van der Waals surface area contributed by atoms with Gasteiger partial charge in [0.25, 0.3) is 0 Å². The first-order valence-electron chi connectivity index (χ1n) is 10.4. The number of rotatable bonds is 19. The SMILES string of the molecule is CCCCCCCCCCCCCCOCCC=C=CCCCCl. The van der Waals surface area contributed by atoms with Crippen molar-refractivity contribution in [2.45, 2.75) is 103 Å². The maximum atomic E-state index is 5.65. The second-order valence-electron chi connectivity index (χ2n) is 6.70. The lowest BCUT2D eigenvalue weighted by molar-refractivity contribution is 0.134. The lowest BCUT2D eigenvalue weighted by Gasteiger charge is -2.03. The minimum Gasteiger partial charge on any atom is -0.381 e. The fraction of sp³-hybridized carbons (Fsp3) is 0.864. The van der Waals surface area contributed by atoms with Crippen LogP contribution in [0, 0.1) is 0 Å². The highest BCUT2D eigenvalue weighted by molar-refractivity contribution is 6.17. The number of unbranched alkanes of at least 4 members (excludes halogenated alkanes) is 12. The van der Waals surface area contributed by atoms with Gasteiger partial charge in [-0.2, -0.15) is 0 Å². The topological polar surface area (TPSA) is 9.23 Å². The average Bonchev–Trinajstić information content (AvgIpc) is 2.60. The second-order valence-corrected chi connectivity index (χ2v) is 7.07. The van der Waals surface area contributed by atoms with Crippen LogP contribution in [0.15, 0.2) is 17.9 Å². The van der Waals surface area contributed by atoms with Crippen LogP contribution < -0.4 is 0 Å². The molecule has 0 unspecified atom stereocenters. The summed E-state index contributed by atoms with van der Waals surface area (Å²) in [5.41, 5.74) is 3.18. The third kappa shape index (κ3) is 21.8. The fourth-order valence-corrected chi connectivity index (χ4v) is 2.87. The van der Waals surface area contributed by atoms with E-state index in [9.17, 15) is 0 Å². The van der Waals surface area contributed by atoms with E-state index in [1.165, 1.54) is 77.0 Å². The van der Waals surface area contributed by atoms with Crippen LogP contribution in [0.2, 0.25) is 0 Å². The summed E-state index contributed by atoms with van der Waals surface area (Å²) in [5.74, 6) is 0.736. The molecule has 0 radical (unpaired) electrons. The number of alkyl halides is 1. The molecule has 0 aromatic carbocycles. The van der Waals surface area contributed by atoms with Crippen LogP contribution in [0.1, 0.15) is 103 Å². The van der Waals surface area contributed by atoms with Crippen LogP contribution >= 0.6 is 11.6 Å². The number of hydrogen-bond acceptors (Lipinski definition) is 1. The quantitative estimate of drug-likeness (QED) is 0.130. The zero-order valence-corrected chi connectivity index (χ0v) is 16.9. The largest absolute Gasteiger partial charge is 0.381 e. The predicted molar refractivity (Wildman–Crippen MR) is 109 cm³/mol. The Balaban J connectivity index is 3.06. The van der Waals surface area contributed by atoms with E-state index in [0.29, 0.717) is 0 Å². The molecule has 0 saturated heterocycles. The molecule has 0 spiro atoms. The molecular formula is C22H41ClO. The Bertz CT molecular complexity index is 282. The van der Waals surface area contributed by atoms with E-state index in [4.69, 9.17) is 16.3 Å². The number of hydrogen-bond donors (Lipinski definition) is 0. The van der Waals surface area contributed by atoms with E-state index in [1.807, 2.05) is 0 Å². The van der Waals surface area contributed by atoms with Gasteiger partial charge >= 0.3 is 0 Å². The molecule has 0 aliphatic rings. The number of ether oxygens (including phenoxy) is 1. The molecule has 0 atom stereocenters. The van der Waals surface area contributed by atoms with Gasteiger partial charge in [-0.25, -0.2) is 0 Å². The Morgan fingerprint density at radius 2 is 1.21 bits per heavy atom. The second kappa shape index (κ2) is 22.8. The minimum atomic E-state index is 0.736. The van der Waals surface area contributed by atoms with E-state index in [-0.39, 0.29) is 0 Å². The monoisotopic (exact) mass is 356 g/mol. The van der Waals surface area contributed by atoms with Crippen molar-refractivity contribution in [3.05, 3.63) is 17.9 Å². The third-order valence-electron chi connectivity index (χ3n) is 4.27. The van der Waals surface area contributed by atoms with Crippen LogP contribution in [0.3, 0.4) is 0 Å². The summed E-state index contributed by atoms with van der Waals surface area (Å²) >= 11 is 5.61. The van der Waals surface area contributed by atoms with E-state index in [0.717, 1.165) is 38.4 Å². The van der Waals surface area contributed by atoms with E-state index < -0.39 is 0 Å². The van der Waals surface area contributed by atoms with E-state index >= 15 is 0 Å². The van der Waals surface area contributed by atoms with Crippen molar-refractivity contribution in [2.24, 2.45) is 0 Å². The Labute approximate surface area is 156 Å². The highest BCUT2D eigenvalue weighted by Crippen LogP contribution is 2.11. The van der Waals surface area contributed by atoms with Crippen molar-refractivity contribution in [3.63, 3.8) is 0 Å². The Hall–Kier alpha value is -0.230. The molecule has 0 aromatic heterocycles. The van der Waals surface area contributed by atoms with Crippen molar-refractivity contribution < 1.29 is 4.74 Å². The molecule has 142 valence electrons. The normalized spacial score (nSPS) is 10.6. The van der Waals surface area contributed by atoms with E-state index in [2.05, 4.69) is 24.8 Å². The molecule has 0 saturated carbocycles. The van der Waals surface area contributed by atoms with Gasteiger partial charge in [-0.15, -0.1) is 17.3 Å². The summed E-state index contributed by atoms with van der Waals surface area (Å²) in [6.07, 6.45) is 23.9. The van der Waals surface area contributed by atoms with Crippen molar-refractivity contribution in [1.82, 2.24) is 0 Å². The molecule has 0 aromatic rings. The molecule has 0 aliphatic heterocycles. The first kappa shape index (κ1) is 23.8. The molecule has 1 nitrogen and oxygen atoms in total. The summed E-state index contributed by atoms with van der Waals surface area (Å²) in [6, 6.07) is 0.